The first-order valence-corrected chi connectivity index (χ1v) is 12.0. The van der Waals surface area contributed by atoms with E-state index in [-0.39, 0.29) is 30.2 Å². The number of alkyl halides is 1. The van der Waals surface area contributed by atoms with Crippen molar-refractivity contribution in [3.05, 3.63) is 56.5 Å². The normalized spacial score (nSPS) is 16.5. The number of halogens is 1. The molecule has 4 heterocycles. The minimum atomic E-state index is -0.801. The predicted octanol–water partition coefficient (Wildman–Crippen LogP) is 1.58. The average molecular weight is 481 g/mol. The molecule has 1 aliphatic heterocycles. The lowest BCUT2D eigenvalue weighted by atomic mass is 10.1. The fraction of sp³-hybridized carbons (Fsp3) is 0.458. The van der Waals surface area contributed by atoms with E-state index in [4.69, 9.17) is 5.73 Å². The standard InChI is InChI=1S/C24H29FN8O2/c1-3-31-21-20(29-24(31)30-11-6-7-16(26)13-30)22(34)32(12-10-25)33(23(21)35)14-19-27-15(2)17-8-4-5-9-18(17)28-19/h4-5,8-9,16H,3,6-7,10-14,26H2,1-2H3/t16-/m1/s1. The first-order chi connectivity index (χ1) is 16.9. The van der Waals surface area contributed by atoms with Crippen molar-refractivity contribution in [2.45, 2.75) is 52.4 Å². The second-order valence-corrected chi connectivity index (χ2v) is 8.92. The summed E-state index contributed by atoms with van der Waals surface area (Å²) in [5.74, 6) is 0.925. The monoisotopic (exact) mass is 480 g/mol. The number of hydrogen-bond acceptors (Lipinski definition) is 7. The summed E-state index contributed by atoms with van der Waals surface area (Å²) in [5, 5.41) is 0.911. The van der Waals surface area contributed by atoms with Gasteiger partial charge in [-0.05, 0) is 32.8 Å². The van der Waals surface area contributed by atoms with E-state index >= 15 is 0 Å². The topological polar surface area (TPSA) is 117 Å². The molecule has 1 aliphatic rings. The fourth-order valence-electron chi connectivity index (χ4n) is 4.96. The molecule has 0 amide bonds. The number of fused-ring (bicyclic) bond motifs is 2. The molecule has 0 saturated carbocycles. The largest absolute Gasteiger partial charge is 0.341 e. The van der Waals surface area contributed by atoms with Crippen molar-refractivity contribution >= 4 is 27.9 Å². The van der Waals surface area contributed by atoms with Crippen LogP contribution >= 0.6 is 0 Å². The van der Waals surface area contributed by atoms with Crippen LogP contribution < -0.4 is 21.8 Å². The molecular formula is C24H29FN8O2. The third-order valence-corrected chi connectivity index (χ3v) is 6.60. The molecule has 3 aromatic heterocycles. The predicted molar refractivity (Wildman–Crippen MR) is 133 cm³/mol. The zero-order valence-electron chi connectivity index (χ0n) is 19.9. The first-order valence-electron chi connectivity index (χ1n) is 12.0. The minimum Gasteiger partial charge on any atom is -0.341 e. The molecule has 4 aromatic rings. The van der Waals surface area contributed by atoms with Gasteiger partial charge in [0, 0.05) is 36.8 Å². The number of benzene rings is 1. The van der Waals surface area contributed by atoms with Gasteiger partial charge < -0.3 is 15.2 Å². The summed E-state index contributed by atoms with van der Waals surface area (Å²) in [6.45, 7) is 4.44. The number of nitrogens with two attached hydrogens (primary N) is 1. The van der Waals surface area contributed by atoms with Crippen LogP contribution in [0.1, 0.15) is 31.3 Å². The number of nitrogens with zero attached hydrogens (tertiary/aromatic N) is 7. The van der Waals surface area contributed by atoms with Crippen molar-refractivity contribution in [3.63, 3.8) is 0 Å². The minimum absolute atomic E-state index is 0.00186. The van der Waals surface area contributed by atoms with E-state index in [1.54, 1.807) is 4.57 Å². The van der Waals surface area contributed by atoms with Crippen molar-refractivity contribution in [3.8, 4) is 0 Å². The second kappa shape index (κ2) is 9.21. The molecule has 1 aromatic carbocycles. The number of aryl methyl sites for hydroxylation is 2. The van der Waals surface area contributed by atoms with Crippen molar-refractivity contribution in [1.82, 2.24) is 28.9 Å². The Kier molecular flexibility index (Phi) is 6.10. The number of hydrogen-bond donors (Lipinski definition) is 1. The molecule has 5 rings (SSSR count). The Bertz CT molecular complexity index is 1520. The molecule has 11 heteroatoms. The molecule has 0 bridgehead atoms. The molecule has 184 valence electrons. The Morgan fingerprint density at radius 1 is 1.11 bits per heavy atom. The van der Waals surface area contributed by atoms with E-state index in [1.807, 2.05) is 43.0 Å². The molecule has 1 atom stereocenters. The smallest absolute Gasteiger partial charge is 0.293 e. The Hall–Kier alpha value is -3.60. The van der Waals surface area contributed by atoms with Gasteiger partial charge in [-0.2, -0.15) is 0 Å². The lowest BCUT2D eigenvalue weighted by Crippen LogP contribution is -2.44. The summed E-state index contributed by atoms with van der Waals surface area (Å²) in [6, 6.07) is 7.59. The van der Waals surface area contributed by atoms with E-state index in [0.29, 0.717) is 24.9 Å². The third kappa shape index (κ3) is 3.99. The number of piperidine rings is 1. The van der Waals surface area contributed by atoms with Crippen molar-refractivity contribution < 1.29 is 4.39 Å². The van der Waals surface area contributed by atoms with Gasteiger partial charge in [-0.25, -0.2) is 28.7 Å². The quantitative estimate of drug-likeness (QED) is 0.445. The summed E-state index contributed by atoms with van der Waals surface area (Å²) in [5.41, 5.74) is 6.99. The van der Waals surface area contributed by atoms with Crippen LogP contribution in [0.25, 0.3) is 21.9 Å². The number of aromatic nitrogens is 6. The van der Waals surface area contributed by atoms with Crippen molar-refractivity contribution in [1.29, 1.82) is 0 Å². The Morgan fingerprint density at radius 3 is 2.66 bits per heavy atom. The third-order valence-electron chi connectivity index (χ3n) is 6.60. The summed E-state index contributed by atoms with van der Waals surface area (Å²) in [4.78, 5) is 43.0. The highest BCUT2D eigenvalue weighted by Gasteiger charge is 2.26. The molecule has 10 nitrogen and oxygen atoms in total. The summed E-state index contributed by atoms with van der Waals surface area (Å²) < 4.78 is 17.6. The fourth-order valence-corrected chi connectivity index (χ4v) is 4.96. The van der Waals surface area contributed by atoms with Crippen LogP contribution in [0, 0.1) is 6.92 Å². The first kappa shape index (κ1) is 23.2. The second-order valence-electron chi connectivity index (χ2n) is 8.92. The molecule has 1 saturated heterocycles. The summed E-state index contributed by atoms with van der Waals surface area (Å²) >= 11 is 0. The molecule has 1 fully saturated rings. The zero-order chi connectivity index (χ0) is 24.7. The van der Waals surface area contributed by atoms with Crippen LogP contribution in [-0.2, 0) is 19.6 Å². The van der Waals surface area contributed by atoms with Crippen LogP contribution in [0.4, 0.5) is 10.3 Å². The highest BCUT2D eigenvalue weighted by atomic mass is 19.1. The lowest BCUT2D eigenvalue weighted by molar-refractivity contribution is 0.366. The SMILES string of the molecule is CCn1c(N2CCC[C@@H](N)C2)nc2c(=O)n(CCF)n(Cc3nc(C)c4ccccc4n3)c(=O)c21. The van der Waals surface area contributed by atoms with Crippen molar-refractivity contribution in [2.24, 2.45) is 5.73 Å². The molecule has 35 heavy (non-hydrogen) atoms. The molecule has 0 spiro atoms. The van der Waals surface area contributed by atoms with Crippen LogP contribution in [0.3, 0.4) is 0 Å². The van der Waals surface area contributed by atoms with Gasteiger partial charge in [0.2, 0.25) is 5.95 Å². The van der Waals surface area contributed by atoms with Crippen molar-refractivity contribution in [2.75, 3.05) is 24.7 Å². The highest BCUT2D eigenvalue weighted by molar-refractivity contribution is 5.80. The molecule has 0 aliphatic carbocycles. The van der Waals surface area contributed by atoms with Gasteiger partial charge in [0.15, 0.2) is 11.3 Å². The van der Waals surface area contributed by atoms with Crippen LogP contribution in [-0.4, -0.2) is 54.7 Å². The Morgan fingerprint density at radius 2 is 1.91 bits per heavy atom. The van der Waals surface area contributed by atoms with E-state index in [1.165, 1.54) is 4.68 Å². The number of imidazole rings is 1. The van der Waals surface area contributed by atoms with E-state index in [0.717, 1.165) is 40.7 Å². The van der Waals surface area contributed by atoms with E-state index in [9.17, 15) is 14.0 Å². The molecule has 0 radical (unpaired) electrons. The number of anilines is 1. The van der Waals surface area contributed by atoms with Gasteiger partial charge in [0.1, 0.15) is 18.7 Å². The summed E-state index contributed by atoms with van der Waals surface area (Å²) in [6.07, 6.45) is 1.83. The van der Waals surface area contributed by atoms with Crippen LogP contribution in [0.5, 0.6) is 0 Å². The van der Waals surface area contributed by atoms with Gasteiger partial charge in [-0.3, -0.25) is 9.59 Å². The maximum atomic E-state index is 13.8. The van der Waals surface area contributed by atoms with Gasteiger partial charge >= 0.3 is 0 Å². The Labute approximate surface area is 200 Å². The number of rotatable bonds is 6. The van der Waals surface area contributed by atoms with E-state index < -0.39 is 17.8 Å². The average Bonchev–Trinajstić information content (AvgIpc) is 3.25. The van der Waals surface area contributed by atoms with Gasteiger partial charge in [0.25, 0.3) is 11.1 Å². The van der Waals surface area contributed by atoms with Crippen LogP contribution in [0.2, 0.25) is 0 Å². The van der Waals surface area contributed by atoms with Crippen LogP contribution in [0.15, 0.2) is 33.9 Å². The molecular weight excluding hydrogens is 451 g/mol. The van der Waals surface area contributed by atoms with Gasteiger partial charge in [0.05, 0.1) is 12.1 Å². The maximum Gasteiger partial charge on any atom is 0.293 e. The molecule has 2 N–H and O–H groups in total. The highest BCUT2D eigenvalue weighted by Crippen LogP contribution is 2.22. The number of para-hydroxylation sites is 1. The van der Waals surface area contributed by atoms with E-state index in [2.05, 4.69) is 15.0 Å². The molecule has 0 unspecified atom stereocenters. The summed E-state index contributed by atoms with van der Waals surface area (Å²) in [7, 11) is 0. The van der Waals surface area contributed by atoms with Gasteiger partial charge in [-0.15, -0.1) is 0 Å². The zero-order valence-corrected chi connectivity index (χ0v) is 19.9. The van der Waals surface area contributed by atoms with Gasteiger partial charge in [-0.1, -0.05) is 18.2 Å². The lowest BCUT2D eigenvalue weighted by Gasteiger charge is -2.31. The Balaban J connectivity index is 1.70. The maximum absolute atomic E-state index is 13.8.